The number of aromatic nitrogens is 2. The van der Waals surface area contributed by atoms with Crippen molar-refractivity contribution in [3.8, 4) is 17.0 Å². The van der Waals surface area contributed by atoms with Crippen molar-refractivity contribution in [2.75, 3.05) is 13.1 Å². The van der Waals surface area contributed by atoms with Crippen LogP contribution in [-0.2, 0) is 17.9 Å². The standard InChI is InChI=1S/C21H24Cl2N4O2/c1-4-26(5-2)18(28)11-27-10-16-19(14-7-6-13(22)8-17(14)23)15(9-24)12(3)25-20(16)21(27)29/h6-8,10,29H,4-5,9,11,24H2,1-3H3. The second kappa shape index (κ2) is 8.61. The second-order valence-corrected chi connectivity index (χ2v) is 7.63. The first-order valence-electron chi connectivity index (χ1n) is 9.46. The van der Waals surface area contributed by atoms with Gasteiger partial charge >= 0.3 is 0 Å². The molecule has 0 radical (unpaired) electrons. The van der Waals surface area contributed by atoms with Gasteiger partial charge in [0.1, 0.15) is 12.1 Å². The molecule has 1 amide bonds. The smallest absolute Gasteiger partial charge is 0.242 e. The van der Waals surface area contributed by atoms with Gasteiger partial charge < -0.3 is 20.3 Å². The van der Waals surface area contributed by atoms with Crippen LogP contribution in [-0.4, -0.2) is 38.6 Å². The van der Waals surface area contributed by atoms with Crippen LogP contribution >= 0.6 is 23.2 Å². The Kier molecular flexibility index (Phi) is 6.36. The van der Waals surface area contributed by atoms with Crippen molar-refractivity contribution < 1.29 is 9.90 Å². The lowest BCUT2D eigenvalue weighted by atomic mass is 9.96. The van der Waals surface area contributed by atoms with Crippen LogP contribution in [0.3, 0.4) is 0 Å². The number of aromatic hydroxyl groups is 1. The first-order chi connectivity index (χ1) is 13.8. The maximum atomic E-state index is 12.6. The summed E-state index contributed by atoms with van der Waals surface area (Å²) in [5.41, 5.74) is 9.50. The number of pyridine rings is 1. The van der Waals surface area contributed by atoms with E-state index in [1.165, 1.54) is 4.57 Å². The molecule has 2 heterocycles. The fourth-order valence-corrected chi connectivity index (χ4v) is 4.10. The maximum Gasteiger partial charge on any atom is 0.242 e. The Labute approximate surface area is 179 Å². The number of nitrogens with two attached hydrogens (primary N) is 1. The van der Waals surface area contributed by atoms with Crippen molar-refractivity contribution in [3.63, 3.8) is 0 Å². The normalized spacial score (nSPS) is 11.2. The van der Waals surface area contributed by atoms with Gasteiger partial charge in [0.05, 0.1) is 0 Å². The minimum Gasteiger partial charge on any atom is -0.493 e. The number of halogens is 2. The molecular weight excluding hydrogens is 411 g/mol. The lowest BCUT2D eigenvalue weighted by Crippen LogP contribution is -2.33. The Morgan fingerprint density at radius 1 is 1.28 bits per heavy atom. The average molecular weight is 435 g/mol. The van der Waals surface area contributed by atoms with Crippen molar-refractivity contribution in [1.82, 2.24) is 14.5 Å². The van der Waals surface area contributed by atoms with Crippen molar-refractivity contribution in [2.24, 2.45) is 5.73 Å². The molecule has 0 atom stereocenters. The summed E-state index contributed by atoms with van der Waals surface area (Å²) in [4.78, 5) is 18.8. The predicted molar refractivity (Wildman–Crippen MR) is 117 cm³/mol. The van der Waals surface area contributed by atoms with Gasteiger partial charge in [-0.15, -0.1) is 0 Å². The van der Waals surface area contributed by atoms with Crippen LogP contribution in [0.1, 0.15) is 25.1 Å². The number of aryl methyl sites for hydroxylation is 1. The zero-order valence-corrected chi connectivity index (χ0v) is 18.2. The third kappa shape index (κ3) is 3.92. The number of nitrogens with zero attached hydrogens (tertiary/aromatic N) is 3. The Morgan fingerprint density at radius 3 is 2.55 bits per heavy atom. The van der Waals surface area contributed by atoms with E-state index in [0.717, 1.165) is 16.7 Å². The number of fused-ring (bicyclic) bond motifs is 1. The van der Waals surface area contributed by atoms with Crippen molar-refractivity contribution in [1.29, 1.82) is 0 Å². The van der Waals surface area contributed by atoms with Crippen molar-refractivity contribution in [2.45, 2.75) is 33.9 Å². The first kappa shape index (κ1) is 21.4. The topological polar surface area (TPSA) is 84.4 Å². The van der Waals surface area contributed by atoms with E-state index < -0.39 is 0 Å². The number of hydrogen-bond donors (Lipinski definition) is 2. The van der Waals surface area contributed by atoms with E-state index in [1.54, 1.807) is 23.2 Å². The zero-order valence-electron chi connectivity index (χ0n) is 16.7. The molecule has 6 nitrogen and oxygen atoms in total. The number of likely N-dealkylation sites (N-methyl/N-ethyl adjacent to an activating group) is 1. The van der Waals surface area contributed by atoms with Gasteiger partial charge in [0.25, 0.3) is 0 Å². The fraction of sp³-hybridized carbons (Fsp3) is 0.333. The van der Waals surface area contributed by atoms with Crippen LogP contribution < -0.4 is 5.73 Å². The van der Waals surface area contributed by atoms with Gasteiger partial charge in [0.15, 0.2) is 0 Å². The highest BCUT2D eigenvalue weighted by molar-refractivity contribution is 6.36. The third-order valence-electron chi connectivity index (χ3n) is 5.14. The largest absolute Gasteiger partial charge is 0.493 e. The molecule has 154 valence electrons. The molecule has 0 unspecified atom stereocenters. The summed E-state index contributed by atoms with van der Waals surface area (Å²) in [7, 11) is 0. The summed E-state index contributed by atoms with van der Waals surface area (Å²) < 4.78 is 1.52. The summed E-state index contributed by atoms with van der Waals surface area (Å²) >= 11 is 12.5. The van der Waals surface area contributed by atoms with Crippen LogP contribution in [0.25, 0.3) is 22.0 Å². The van der Waals surface area contributed by atoms with Crippen molar-refractivity contribution in [3.05, 3.63) is 45.7 Å². The number of carbonyl (C=O) groups excluding carboxylic acids is 1. The molecule has 0 spiro atoms. The van der Waals surface area contributed by atoms with E-state index in [-0.39, 0.29) is 24.9 Å². The molecular formula is C21H24Cl2N4O2. The number of carbonyl (C=O) groups is 1. The number of rotatable bonds is 6. The van der Waals surface area contributed by atoms with Crippen LogP contribution in [0.2, 0.25) is 10.0 Å². The second-order valence-electron chi connectivity index (χ2n) is 6.79. The Hall–Kier alpha value is -2.28. The van der Waals surface area contributed by atoms with E-state index in [9.17, 15) is 9.90 Å². The molecule has 1 aromatic carbocycles. The van der Waals surface area contributed by atoms with E-state index in [4.69, 9.17) is 28.9 Å². The van der Waals surface area contributed by atoms with E-state index in [1.807, 2.05) is 26.8 Å². The van der Waals surface area contributed by atoms with Gasteiger partial charge in [0, 0.05) is 58.1 Å². The van der Waals surface area contributed by atoms with Gasteiger partial charge in [-0.2, -0.15) is 0 Å². The minimum atomic E-state index is -0.0764. The van der Waals surface area contributed by atoms with E-state index >= 15 is 0 Å². The number of benzene rings is 1. The molecule has 2 aromatic heterocycles. The summed E-state index contributed by atoms with van der Waals surface area (Å²) in [6, 6.07) is 5.25. The Balaban J connectivity index is 2.24. The summed E-state index contributed by atoms with van der Waals surface area (Å²) in [5, 5.41) is 12.5. The number of amides is 1. The van der Waals surface area contributed by atoms with Gasteiger partial charge in [0.2, 0.25) is 11.8 Å². The SMILES string of the molecule is CCN(CC)C(=O)Cn1cc2c(-c3ccc(Cl)cc3Cl)c(CN)c(C)nc2c1O. The highest BCUT2D eigenvalue weighted by atomic mass is 35.5. The monoisotopic (exact) mass is 434 g/mol. The average Bonchev–Trinajstić information content (AvgIpc) is 2.97. The molecule has 0 aliphatic rings. The minimum absolute atomic E-state index is 0.0225. The predicted octanol–water partition coefficient (Wildman–Crippen LogP) is 4.35. The lowest BCUT2D eigenvalue weighted by molar-refractivity contribution is -0.131. The molecule has 29 heavy (non-hydrogen) atoms. The van der Waals surface area contributed by atoms with Gasteiger partial charge in [-0.05, 0) is 38.5 Å². The van der Waals surface area contributed by atoms with Gasteiger partial charge in [-0.25, -0.2) is 4.98 Å². The van der Waals surface area contributed by atoms with Crippen LogP contribution in [0.5, 0.6) is 5.88 Å². The van der Waals surface area contributed by atoms with Crippen LogP contribution in [0.4, 0.5) is 0 Å². The van der Waals surface area contributed by atoms with Gasteiger partial charge in [-0.1, -0.05) is 29.3 Å². The third-order valence-corrected chi connectivity index (χ3v) is 5.69. The first-order valence-corrected chi connectivity index (χ1v) is 10.2. The highest BCUT2D eigenvalue weighted by Crippen LogP contribution is 2.40. The molecule has 0 aliphatic heterocycles. The highest BCUT2D eigenvalue weighted by Gasteiger charge is 2.22. The number of hydrogen-bond acceptors (Lipinski definition) is 4. The summed E-state index contributed by atoms with van der Waals surface area (Å²) in [6.07, 6.45) is 1.73. The van der Waals surface area contributed by atoms with Gasteiger partial charge in [-0.3, -0.25) is 4.79 Å². The van der Waals surface area contributed by atoms with E-state index in [0.29, 0.717) is 39.7 Å². The van der Waals surface area contributed by atoms with Crippen LogP contribution in [0, 0.1) is 6.92 Å². The maximum absolute atomic E-state index is 12.6. The molecule has 0 bridgehead atoms. The Morgan fingerprint density at radius 2 is 1.97 bits per heavy atom. The fourth-order valence-electron chi connectivity index (χ4n) is 3.60. The molecule has 8 heteroatoms. The quantitative estimate of drug-likeness (QED) is 0.603. The van der Waals surface area contributed by atoms with E-state index in [2.05, 4.69) is 4.98 Å². The Bertz CT molecular complexity index is 1070. The molecule has 3 rings (SSSR count). The summed E-state index contributed by atoms with van der Waals surface area (Å²) in [5.74, 6) is -0.133. The molecule has 0 fully saturated rings. The molecule has 3 aromatic rings. The summed E-state index contributed by atoms with van der Waals surface area (Å²) in [6.45, 7) is 7.18. The zero-order chi connectivity index (χ0) is 21.3. The van der Waals surface area contributed by atoms with Crippen molar-refractivity contribution >= 4 is 40.0 Å². The lowest BCUT2D eigenvalue weighted by Gasteiger charge is -2.18. The molecule has 0 saturated heterocycles. The molecule has 3 N–H and O–H groups in total. The molecule has 0 saturated carbocycles. The van der Waals surface area contributed by atoms with Crippen LogP contribution in [0.15, 0.2) is 24.4 Å². The molecule has 0 aliphatic carbocycles.